The molecule has 0 bridgehead atoms. The van der Waals surface area contributed by atoms with Crippen LogP contribution in [0.2, 0.25) is 0 Å². The third-order valence-corrected chi connectivity index (χ3v) is 3.25. The molecule has 1 fully saturated rings. The van der Waals surface area contributed by atoms with Crippen LogP contribution in [-0.4, -0.2) is 13.6 Å². The Balaban J connectivity index is 2.48. The molecule has 0 aromatic heterocycles. The minimum atomic E-state index is 0.647. The van der Waals surface area contributed by atoms with Crippen molar-refractivity contribution in [2.75, 3.05) is 13.6 Å². The Kier molecular flexibility index (Phi) is 2.94. The molecule has 1 N–H and O–H groups in total. The zero-order valence-corrected chi connectivity index (χ0v) is 8.11. The van der Waals surface area contributed by atoms with Gasteiger partial charge in [-0.1, -0.05) is 20.3 Å². The molecule has 11 heavy (non-hydrogen) atoms. The van der Waals surface area contributed by atoms with Gasteiger partial charge in [-0.3, -0.25) is 0 Å². The van der Waals surface area contributed by atoms with Crippen LogP contribution >= 0.6 is 0 Å². The van der Waals surface area contributed by atoms with Gasteiger partial charge in [0, 0.05) is 6.54 Å². The average Bonchev–Trinajstić information content (AvgIpc) is 2.34. The highest BCUT2D eigenvalue weighted by molar-refractivity contribution is 4.87. The molecule has 1 saturated carbocycles. The van der Waals surface area contributed by atoms with Crippen LogP contribution in [0.3, 0.4) is 0 Å². The van der Waals surface area contributed by atoms with Crippen molar-refractivity contribution in [3.8, 4) is 0 Å². The molecule has 1 aliphatic carbocycles. The van der Waals surface area contributed by atoms with E-state index in [1.54, 1.807) is 0 Å². The molecular formula is C10H21N. The van der Waals surface area contributed by atoms with Crippen molar-refractivity contribution in [2.24, 2.45) is 11.3 Å². The van der Waals surface area contributed by atoms with Gasteiger partial charge in [0.25, 0.3) is 0 Å². The first kappa shape index (κ1) is 9.05. The van der Waals surface area contributed by atoms with Gasteiger partial charge < -0.3 is 5.32 Å². The minimum absolute atomic E-state index is 0.647. The van der Waals surface area contributed by atoms with E-state index in [1.165, 1.54) is 32.2 Å². The van der Waals surface area contributed by atoms with E-state index in [-0.39, 0.29) is 0 Å². The molecular weight excluding hydrogens is 134 g/mol. The highest BCUT2D eigenvalue weighted by atomic mass is 14.8. The molecule has 2 atom stereocenters. The maximum absolute atomic E-state index is 3.32. The van der Waals surface area contributed by atoms with E-state index in [0.717, 1.165) is 5.92 Å². The van der Waals surface area contributed by atoms with Crippen LogP contribution in [0, 0.1) is 11.3 Å². The second-order valence-electron chi connectivity index (χ2n) is 4.23. The van der Waals surface area contributed by atoms with Crippen molar-refractivity contribution in [3.63, 3.8) is 0 Å². The Hall–Kier alpha value is -0.0400. The first-order valence-electron chi connectivity index (χ1n) is 4.87. The summed E-state index contributed by atoms with van der Waals surface area (Å²) in [6.45, 7) is 5.93. The second-order valence-corrected chi connectivity index (χ2v) is 4.23. The van der Waals surface area contributed by atoms with Gasteiger partial charge in [-0.2, -0.15) is 0 Å². The molecule has 0 aliphatic heterocycles. The minimum Gasteiger partial charge on any atom is -0.319 e. The highest BCUT2D eigenvalue weighted by Crippen LogP contribution is 2.43. The van der Waals surface area contributed by atoms with Crippen molar-refractivity contribution in [2.45, 2.75) is 39.5 Å². The maximum Gasteiger partial charge on any atom is 0.000480 e. The molecule has 0 radical (unpaired) electrons. The lowest BCUT2D eigenvalue weighted by molar-refractivity contribution is 0.267. The molecule has 1 heteroatoms. The van der Waals surface area contributed by atoms with E-state index in [9.17, 15) is 0 Å². The van der Waals surface area contributed by atoms with Gasteiger partial charge in [0.05, 0.1) is 0 Å². The van der Waals surface area contributed by atoms with Gasteiger partial charge >= 0.3 is 0 Å². The Morgan fingerprint density at radius 2 is 2.27 bits per heavy atom. The molecule has 0 aromatic carbocycles. The van der Waals surface area contributed by atoms with Gasteiger partial charge in [-0.05, 0) is 37.6 Å². The fourth-order valence-electron chi connectivity index (χ4n) is 2.48. The summed E-state index contributed by atoms with van der Waals surface area (Å²) in [5, 5.41) is 3.32. The fraction of sp³-hybridized carbons (Fsp3) is 1.00. The van der Waals surface area contributed by atoms with Gasteiger partial charge in [-0.25, -0.2) is 0 Å². The van der Waals surface area contributed by atoms with E-state index >= 15 is 0 Å². The summed E-state index contributed by atoms with van der Waals surface area (Å²) >= 11 is 0. The predicted molar refractivity (Wildman–Crippen MR) is 49.7 cm³/mol. The van der Waals surface area contributed by atoms with Gasteiger partial charge in [0.1, 0.15) is 0 Å². The molecule has 0 saturated heterocycles. The summed E-state index contributed by atoms with van der Waals surface area (Å²) in [7, 11) is 2.07. The monoisotopic (exact) mass is 155 g/mol. The lowest BCUT2D eigenvalue weighted by atomic mass is 9.82. The normalized spacial score (nSPS) is 37.9. The van der Waals surface area contributed by atoms with Crippen LogP contribution < -0.4 is 5.32 Å². The van der Waals surface area contributed by atoms with Crippen molar-refractivity contribution in [1.29, 1.82) is 0 Å². The summed E-state index contributed by atoms with van der Waals surface area (Å²) in [6, 6.07) is 0. The van der Waals surface area contributed by atoms with Gasteiger partial charge in [-0.15, -0.1) is 0 Å². The van der Waals surface area contributed by atoms with Crippen LogP contribution in [0.5, 0.6) is 0 Å². The zero-order chi connectivity index (χ0) is 8.32. The van der Waals surface area contributed by atoms with E-state index in [4.69, 9.17) is 0 Å². The van der Waals surface area contributed by atoms with Crippen LogP contribution in [0.25, 0.3) is 0 Å². The van der Waals surface area contributed by atoms with Crippen molar-refractivity contribution >= 4 is 0 Å². The number of nitrogens with one attached hydrogen (secondary N) is 1. The molecule has 0 aromatic rings. The maximum atomic E-state index is 3.32. The third kappa shape index (κ3) is 1.96. The molecule has 1 nitrogen and oxygen atoms in total. The first-order chi connectivity index (χ1) is 5.22. The molecule has 0 heterocycles. The Labute approximate surface area is 70.6 Å². The van der Waals surface area contributed by atoms with Crippen LogP contribution in [0.4, 0.5) is 0 Å². The Morgan fingerprint density at radius 3 is 2.64 bits per heavy atom. The van der Waals surface area contributed by atoms with E-state index in [1.807, 2.05) is 0 Å². The summed E-state index contributed by atoms with van der Waals surface area (Å²) in [4.78, 5) is 0. The smallest absolute Gasteiger partial charge is 0.000480 e. The SMILES string of the molecule is CCC1(CNC)CCC(C)C1. The molecule has 0 amide bonds. The van der Waals surface area contributed by atoms with Gasteiger partial charge in [0.15, 0.2) is 0 Å². The van der Waals surface area contributed by atoms with Crippen LogP contribution in [0.15, 0.2) is 0 Å². The fourth-order valence-corrected chi connectivity index (χ4v) is 2.48. The number of rotatable bonds is 3. The highest BCUT2D eigenvalue weighted by Gasteiger charge is 2.34. The Morgan fingerprint density at radius 1 is 1.55 bits per heavy atom. The van der Waals surface area contributed by atoms with E-state index < -0.39 is 0 Å². The molecule has 66 valence electrons. The van der Waals surface area contributed by atoms with Crippen molar-refractivity contribution < 1.29 is 0 Å². The standard InChI is InChI=1S/C10H21N/c1-4-10(8-11-3)6-5-9(2)7-10/h9,11H,4-8H2,1-3H3. The second kappa shape index (κ2) is 3.57. The van der Waals surface area contributed by atoms with Crippen LogP contribution in [-0.2, 0) is 0 Å². The molecule has 0 spiro atoms. The summed E-state index contributed by atoms with van der Waals surface area (Å²) in [5.74, 6) is 0.961. The Bertz CT molecular complexity index is 118. The lowest BCUT2D eigenvalue weighted by Crippen LogP contribution is -2.29. The largest absolute Gasteiger partial charge is 0.319 e. The first-order valence-corrected chi connectivity index (χ1v) is 4.87. The topological polar surface area (TPSA) is 12.0 Å². The van der Waals surface area contributed by atoms with E-state index in [0.29, 0.717) is 5.41 Å². The number of hydrogen-bond donors (Lipinski definition) is 1. The van der Waals surface area contributed by atoms with Crippen LogP contribution in [0.1, 0.15) is 39.5 Å². The van der Waals surface area contributed by atoms with E-state index in [2.05, 4.69) is 26.2 Å². The van der Waals surface area contributed by atoms with Crippen molar-refractivity contribution in [3.05, 3.63) is 0 Å². The third-order valence-electron chi connectivity index (χ3n) is 3.25. The molecule has 2 unspecified atom stereocenters. The summed E-state index contributed by atoms with van der Waals surface area (Å²) < 4.78 is 0. The quantitative estimate of drug-likeness (QED) is 0.660. The summed E-state index contributed by atoms with van der Waals surface area (Å²) in [6.07, 6.45) is 5.66. The predicted octanol–water partition coefficient (Wildman–Crippen LogP) is 2.42. The summed E-state index contributed by atoms with van der Waals surface area (Å²) in [5.41, 5.74) is 0.647. The lowest BCUT2D eigenvalue weighted by Gasteiger charge is -2.27. The molecule has 1 aliphatic rings. The van der Waals surface area contributed by atoms with Crippen molar-refractivity contribution in [1.82, 2.24) is 5.32 Å². The number of hydrogen-bond acceptors (Lipinski definition) is 1. The van der Waals surface area contributed by atoms with Gasteiger partial charge in [0.2, 0.25) is 0 Å². The average molecular weight is 155 g/mol. The molecule has 1 rings (SSSR count). The zero-order valence-electron chi connectivity index (χ0n) is 8.11.